The Balaban J connectivity index is 1.53. The molecule has 0 aliphatic carbocycles. The van der Waals surface area contributed by atoms with Crippen molar-refractivity contribution in [3.8, 4) is 23.0 Å². The maximum absolute atomic E-state index is 6.28. The number of nitrogens with one attached hydrogen (secondary N) is 2. The van der Waals surface area contributed by atoms with Crippen molar-refractivity contribution in [1.82, 2.24) is 9.97 Å². The normalized spacial score (nSPS) is 11.8. The summed E-state index contributed by atoms with van der Waals surface area (Å²) in [5.74, 6) is 3.39. The standard InChI is InChI=1S/C20H20ClN5O4/c1-27-15-7-16(28-2)13(6-12(15)21)26-20-18(22)19(24-9-25-20)23-8-11-3-4-14-17(5-11)30-10-29-14/h3-7,9H,8,10,22H2,1-2H3,(H2,23,24,25,26). The fourth-order valence-corrected chi connectivity index (χ4v) is 3.20. The minimum absolute atomic E-state index is 0.235. The number of nitrogens with two attached hydrogens (primary N) is 1. The first kappa shape index (κ1) is 19.7. The van der Waals surface area contributed by atoms with E-state index in [4.69, 9.17) is 36.3 Å². The predicted octanol–water partition coefficient (Wildman–Crippen LogP) is 3.81. The lowest BCUT2D eigenvalue weighted by atomic mass is 10.2. The van der Waals surface area contributed by atoms with Crippen LogP contribution in [0.1, 0.15) is 5.56 Å². The molecule has 0 saturated heterocycles. The number of nitrogens with zero attached hydrogens (tertiary/aromatic N) is 2. The molecular weight excluding hydrogens is 410 g/mol. The van der Waals surface area contributed by atoms with Crippen LogP contribution in [-0.2, 0) is 6.54 Å². The molecule has 1 aromatic heterocycles. The topological polar surface area (TPSA) is 113 Å². The molecule has 1 aliphatic rings. The van der Waals surface area contributed by atoms with Crippen LogP contribution in [0.3, 0.4) is 0 Å². The fourth-order valence-electron chi connectivity index (χ4n) is 2.96. The second kappa shape index (κ2) is 8.42. The van der Waals surface area contributed by atoms with E-state index in [1.165, 1.54) is 13.4 Å². The van der Waals surface area contributed by atoms with Gasteiger partial charge in [-0.25, -0.2) is 9.97 Å². The first-order chi connectivity index (χ1) is 14.6. The molecule has 0 fully saturated rings. The van der Waals surface area contributed by atoms with Crippen molar-refractivity contribution in [2.75, 3.05) is 37.4 Å². The van der Waals surface area contributed by atoms with E-state index in [1.807, 2.05) is 18.2 Å². The van der Waals surface area contributed by atoms with Gasteiger partial charge in [-0.1, -0.05) is 17.7 Å². The van der Waals surface area contributed by atoms with Crippen molar-refractivity contribution in [3.05, 3.63) is 47.2 Å². The molecule has 0 bridgehead atoms. The fraction of sp³-hybridized carbons (Fsp3) is 0.200. The quantitative estimate of drug-likeness (QED) is 0.515. The summed E-state index contributed by atoms with van der Waals surface area (Å²) in [4.78, 5) is 8.47. The maximum Gasteiger partial charge on any atom is 0.231 e. The average Bonchev–Trinajstić information content (AvgIpc) is 3.22. The summed E-state index contributed by atoms with van der Waals surface area (Å²) in [6.07, 6.45) is 1.41. The summed E-state index contributed by atoms with van der Waals surface area (Å²) in [6, 6.07) is 9.09. The number of rotatable bonds is 7. The van der Waals surface area contributed by atoms with E-state index >= 15 is 0 Å². The first-order valence-corrected chi connectivity index (χ1v) is 9.38. The average molecular weight is 430 g/mol. The summed E-state index contributed by atoms with van der Waals surface area (Å²) in [6.45, 7) is 0.730. The lowest BCUT2D eigenvalue weighted by Gasteiger charge is -2.16. The monoisotopic (exact) mass is 429 g/mol. The van der Waals surface area contributed by atoms with Crippen molar-refractivity contribution in [3.63, 3.8) is 0 Å². The van der Waals surface area contributed by atoms with Crippen LogP contribution >= 0.6 is 11.6 Å². The SMILES string of the molecule is COc1cc(OC)c(Nc2ncnc(NCc3ccc4c(c3)OCO4)c2N)cc1Cl. The van der Waals surface area contributed by atoms with Crippen LogP contribution < -0.4 is 35.3 Å². The number of anilines is 4. The summed E-state index contributed by atoms with van der Waals surface area (Å²) in [5, 5.41) is 6.78. The Morgan fingerprint density at radius 2 is 1.80 bits per heavy atom. The van der Waals surface area contributed by atoms with Gasteiger partial charge in [-0.2, -0.15) is 0 Å². The van der Waals surface area contributed by atoms with Crippen LogP contribution in [0.2, 0.25) is 5.02 Å². The van der Waals surface area contributed by atoms with E-state index < -0.39 is 0 Å². The van der Waals surface area contributed by atoms with E-state index in [2.05, 4.69) is 20.6 Å². The van der Waals surface area contributed by atoms with Gasteiger partial charge < -0.3 is 35.3 Å². The zero-order valence-corrected chi connectivity index (χ0v) is 17.1. The summed E-state index contributed by atoms with van der Waals surface area (Å²) < 4.78 is 21.4. The second-order valence-electron chi connectivity index (χ2n) is 6.34. The highest BCUT2D eigenvalue weighted by Gasteiger charge is 2.15. The van der Waals surface area contributed by atoms with Crippen LogP contribution in [0.5, 0.6) is 23.0 Å². The molecule has 0 unspecified atom stereocenters. The Morgan fingerprint density at radius 3 is 2.60 bits per heavy atom. The van der Waals surface area contributed by atoms with Gasteiger partial charge in [0.2, 0.25) is 6.79 Å². The van der Waals surface area contributed by atoms with Gasteiger partial charge in [0.1, 0.15) is 23.5 Å². The van der Waals surface area contributed by atoms with Gasteiger partial charge in [0, 0.05) is 12.6 Å². The molecular formula is C20H20ClN5O4. The maximum atomic E-state index is 6.28. The Morgan fingerprint density at radius 1 is 1.03 bits per heavy atom. The molecule has 2 heterocycles. The number of hydrogen-bond donors (Lipinski definition) is 3. The molecule has 1 aliphatic heterocycles. The molecule has 0 spiro atoms. The molecule has 4 N–H and O–H groups in total. The number of methoxy groups -OCH3 is 2. The van der Waals surface area contributed by atoms with Gasteiger partial charge in [0.05, 0.1) is 24.9 Å². The first-order valence-electron chi connectivity index (χ1n) is 9.00. The lowest BCUT2D eigenvalue weighted by molar-refractivity contribution is 0.174. The Kier molecular flexibility index (Phi) is 5.53. The number of halogens is 1. The van der Waals surface area contributed by atoms with Crippen molar-refractivity contribution >= 4 is 34.6 Å². The van der Waals surface area contributed by atoms with Crippen LogP contribution in [0, 0.1) is 0 Å². The van der Waals surface area contributed by atoms with Gasteiger partial charge in [-0.3, -0.25) is 0 Å². The zero-order valence-electron chi connectivity index (χ0n) is 16.4. The number of aromatic nitrogens is 2. The van der Waals surface area contributed by atoms with Gasteiger partial charge in [0.15, 0.2) is 23.1 Å². The van der Waals surface area contributed by atoms with Crippen LogP contribution in [0.25, 0.3) is 0 Å². The van der Waals surface area contributed by atoms with Gasteiger partial charge in [-0.15, -0.1) is 0 Å². The smallest absolute Gasteiger partial charge is 0.231 e. The van der Waals surface area contributed by atoms with Gasteiger partial charge in [-0.05, 0) is 23.8 Å². The Hall–Kier alpha value is -3.59. The molecule has 0 atom stereocenters. The highest BCUT2D eigenvalue weighted by atomic mass is 35.5. The summed E-state index contributed by atoms with van der Waals surface area (Å²) >= 11 is 6.24. The molecule has 9 nitrogen and oxygen atoms in total. The summed E-state index contributed by atoms with van der Waals surface area (Å²) in [7, 11) is 3.09. The largest absolute Gasteiger partial charge is 0.495 e. The predicted molar refractivity (Wildman–Crippen MR) is 114 cm³/mol. The molecule has 2 aromatic carbocycles. The Labute approximate surface area is 178 Å². The zero-order chi connectivity index (χ0) is 21.1. The molecule has 0 radical (unpaired) electrons. The van der Waals surface area contributed by atoms with E-state index in [0.29, 0.717) is 46.1 Å². The molecule has 30 heavy (non-hydrogen) atoms. The number of ether oxygens (including phenoxy) is 4. The van der Waals surface area contributed by atoms with Crippen LogP contribution in [0.4, 0.5) is 23.0 Å². The highest BCUT2D eigenvalue weighted by Crippen LogP contribution is 2.38. The third kappa shape index (κ3) is 3.92. The van der Waals surface area contributed by atoms with Crippen molar-refractivity contribution in [2.24, 2.45) is 0 Å². The highest BCUT2D eigenvalue weighted by molar-refractivity contribution is 6.32. The Bertz CT molecular complexity index is 1080. The van der Waals surface area contributed by atoms with Gasteiger partial charge >= 0.3 is 0 Å². The lowest BCUT2D eigenvalue weighted by Crippen LogP contribution is -2.08. The molecule has 156 valence electrons. The third-order valence-corrected chi connectivity index (χ3v) is 4.80. The third-order valence-electron chi connectivity index (χ3n) is 4.51. The molecule has 0 amide bonds. The number of hydrogen-bond acceptors (Lipinski definition) is 9. The molecule has 3 aromatic rings. The van der Waals surface area contributed by atoms with E-state index in [9.17, 15) is 0 Å². The summed E-state index contributed by atoms with van der Waals surface area (Å²) in [5.41, 5.74) is 8.22. The van der Waals surface area contributed by atoms with Crippen molar-refractivity contribution < 1.29 is 18.9 Å². The van der Waals surface area contributed by atoms with Crippen LogP contribution in [-0.4, -0.2) is 31.0 Å². The minimum Gasteiger partial charge on any atom is -0.495 e. The number of nitrogen functional groups attached to an aromatic ring is 1. The second-order valence-corrected chi connectivity index (χ2v) is 6.74. The molecule has 0 saturated carbocycles. The minimum atomic E-state index is 0.235. The number of fused-ring (bicyclic) bond motifs is 1. The van der Waals surface area contributed by atoms with Crippen molar-refractivity contribution in [1.29, 1.82) is 0 Å². The van der Waals surface area contributed by atoms with E-state index in [1.54, 1.807) is 19.2 Å². The number of benzene rings is 2. The molecule has 4 rings (SSSR count). The van der Waals surface area contributed by atoms with Gasteiger partial charge in [0.25, 0.3) is 0 Å². The van der Waals surface area contributed by atoms with E-state index in [0.717, 1.165) is 17.1 Å². The molecule has 10 heteroatoms. The van der Waals surface area contributed by atoms with Crippen molar-refractivity contribution in [2.45, 2.75) is 6.54 Å². The van der Waals surface area contributed by atoms with Crippen LogP contribution in [0.15, 0.2) is 36.7 Å². The van der Waals surface area contributed by atoms with E-state index in [-0.39, 0.29) is 6.79 Å².